The van der Waals surface area contributed by atoms with Crippen LogP contribution in [-0.4, -0.2) is 139 Å². The van der Waals surface area contributed by atoms with E-state index < -0.39 is 12.0 Å². The van der Waals surface area contributed by atoms with Gasteiger partial charge >= 0.3 is 0 Å². The Bertz CT molecular complexity index is 3170. The number of nitrogens with zero attached hydrogens (tertiary/aromatic N) is 10. The van der Waals surface area contributed by atoms with Crippen LogP contribution in [0.5, 0.6) is 11.6 Å². The van der Waals surface area contributed by atoms with Crippen LogP contribution in [0.4, 0.5) is 23.0 Å². The highest BCUT2D eigenvalue weighted by molar-refractivity contribution is 7.13. The van der Waals surface area contributed by atoms with Gasteiger partial charge < -0.3 is 50.1 Å². The summed E-state index contributed by atoms with van der Waals surface area (Å²) in [5, 5.41) is 36.4. The molecular weight excluding hydrogens is 1080 g/mol. The van der Waals surface area contributed by atoms with E-state index in [2.05, 4.69) is 86.6 Å². The smallest absolute Gasteiger partial charge is 0.243 e. The van der Waals surface area contributed by atoms with Gasteiger partial charge in [0.2, 0.25) is 17.7 Å². The number of pyridine rings is 1. The number of nitrogen functional groups attached to an aromatic ring is 1. The van der Waals surface area contributed by atoms with Crippen LogP contribution < -0.4 is 30.5 Å². The van der Waals surface area contributed by atoms with Crippen molar-refractivity contribution in [2.45, 2.75) is 173 Å². The number of piperidine rings is 2. The highest BCUT2D eigenvalue weighted by Gasteiger charge is 2.54. The number of ether oxygens (including phenoxy) is 1. The van der Waals surface area contributed by atoms with Gasteiger partial charge in [0, 0.05) is 93.0 Å². The van der Waals surface area contributed by atoms with Crippen LogP contribution in [0.1, 0.15) is 147 Å². The molecule has 18 nitrogen and oxygen atoms in total. The number of phenols is 1. The van der Waals surface area contributed by atoms with E-state index in [9.17, 15) is 19.8 Å². The van der Waals surface area contributed by atoms with E-state index >= 15 is 0 Å². The second-order valence-electron chi connectivity index (χ2n) is 24.4. The van der Waals surface area contributed by atoms with Gasteiger partial charge in [0.05, 0.1) is 39.6 Å². The van der Waals surface area contributed by atoms with Gasteiger partial charge in [0.1, 0.15) is 23.8 Å². The molecule has 4 aromatic heterocycles. The molecular formula is C65H86N12O6S. The fraction of sp³-hybridized carbons (Fsp3) is 0.554. The Morgan fingerprint density at radius 1 is 0.821 bits per heavy atom. The van der Waals surface area contributed by atoms with Crippen LogP contribution in [0.3, 0.4) is 0 Å². The number of aromatic nitrogens is 5. The number of aliphatic hydroxyl groups is 1. The van der Waals surface area contributed by atoms with Gasteiger partial charge in [0.25, 0.3) is 0 Å². The van der Waals surface area contributed by atoms with Crippen LogP contribution in [-0.2, 0) is 9.59 Å². The van der Waals surface area contributed by atoms with Gasteiger partial charge in [-0.25, -0.2) is 9.97 Å². The topological polar surface area (TPSA) is 216 Å². The molecule has 448 valence electrons. The third-order valence-corrected chi connectivity index (χ3v) is 19.9. The van der Waals surface area contributed by atoms with E-state index in [4.69, 9.17) is 15.0 Å². The molecule has 13 rings (SSSR count). The van der Waals surface area contributed by atoms with Crippen molar-refractivity contribution in [2.24, 2.45) is 11.8 Å². The SMILES string of the molecule is CC.Cc1ncsc1-c1ccc(C(C)NC(=O)C2CCCN2C(=O)C(c2cc(N3CCC(C4(N5CCC(O)CC5)CC4)CC3)no2)C(C)C)cc1.Nc1nnc(-c2ccccc2O)cc1N1CC2CCC(C1)N2c1ccnc(OC2CCC2)c1. The number of rotatable bonds is 15. The Labute approximate surface area is 499 Å². The highest BCUT2D eigenvalue weighted by atomic mass is 32.1. The maximum atomic E-state index is 14.2. The number of hydrogen-bond acceptors (Lipinski definition) is 17. The molecule has 5 saturated heterocycles. The lowest BCUT2D eigenvalue weighted by Gasteiger charge is -2.44. The van der Waals surface area contributed by atoms with E-state index in [0.29, 0.717) is 65.4 Å². The molecule has 6 aromatic rings. The van der Waals surface area contributed by atoms with Crippen molar-refractivity contribution < 1.29 is 29.1 Å². The molecule has 2 bridgehead atoms. The number of piperazine rings is 1. The molecule has 84 heavy (non-hydrogen) atoms. The van der Waals surface area contributed by atoms with E-state index in [1.54, 1.807) is 28.4 Å². The number of aromatic hydroxyl groups is 1. The van der Waals surface area contributed by atoms with Crippen molar-refractivity contribution >= 4 is 46.2 Å². The molecule has 5 atom stereocenters. The third-order valence-electron chi connectivity index (χ3n) is 19.0. The molecule has 5 aliphatic heterocycles. The largest absolute Gasteiger partial charge is 0.507 e. The number of fused-ring (bicyclic) bond motifs is 2. The number of likely N-dealkylation sites (tertiary alicyclic amines) is 2. The first-order chi connectivity index (χ1) is 40.8. The number of nitrogens with two attached hydrogens (primary N) is 1. The summed E-state index contributed by atoms with van der Waals surface area (Å²) < 4.78 is 12.0. The Balaban J connectivity index is 0.000000182. The van der Waals surface area contributed by atoms with Gasteiger partial charge in [0.15, 0.2) is 17.4 Å². The standard InChI is InChI=1S/C38H52N6O4S.C25H28N6O2.C2H6/c1-24(2)34(32-22-33(41-48-32)42-18-11-29(12-19-42)38(15-16-38)43-20-13-30(45)14-21-43)37(47)44-17-5-6-31(44)36(46)40-25(3)27-7-9-28(10-8-27)35-26(4)39-23-49-35;26-25-22(13-21(28-29-25)20-6-1-2-7-23(20)32)30-14-17-8-9-18(15-30)31(17)16-10-11-27-24(12-16)33-19-4-3-5-19;1-2/h7-10,22-25,29-31,34,45H,5-6,11-21H2,1-4H3,(H,40,46);1-2,6-7,10-13,17-19,32H,3-5,8-9,14-15H2,(H2,26,29);1-2H3. The number of anilines is 4. The van der Waals surface area contributed by atoms with E-state index in [-0.39, 0.29) is 35.6 Å². The summed E-state index contributed by atoms with van der Waals surface area (Å²) in [6.07, 6.45) is 15.8. The second-order valence-corrected chi connectivity index (χ2v) is 25.3. The van der Waals surface area contributed by atoms with Crippen molar-refractivity contribution in [3.8, 4) is 33.3 Å². The Morgan fingerprint density at radius 2 is 1.55 bits per heavy atom. The van der Waals surface area contributed by atoms with Gasteiger partial charge in [-0.15, -0.1) is 21.5 Å². The molecule has 0 spiro atoms. The highest BCUT2D eigenvalue weighted by Crippen LogP contribution is 2.52. The Morgan fingerprint density at radius 3 is 2.20 bits per heavy atom. The first-order valence-corrected chi connectivity index (χ1v) is 32.0. The number of phenolic OH excluding ortho intramolecular Hbond substituents is 1. The zero-order valence-corrected chi connectivity index (χ0v) is 50.7. The van der Waals surface area contributed by atoms with Crippen LogP contribution in [0, 0.1) is 18.8 Å². The molecule has 5 N–H and O–H groups in total. The second kappa shape index (κ2) is 25.8. The number of hydrogen-bond donors (Lipinski definition) is 4. The predicted octanol–water partition coefficient (Wildman–Crippen LogP) is 10.6. The molecule has 9 heterocycles. The average Bonchev–Trinajstić information content (AvgIpc) is 1.95. The number of amides is 2. The van der Waals surface area contributed by atoms with Crippen molar-refractivity contribution in [3.63, 3.8) is 0 Å². The van der Waals surface area contributed by atoms with Crippen LogP contribution in [0.2, 0.25) is 0 Å². The number of aryl methyl sites for hydroxylation is 1. The predicted molar refractivity (Wildman–Crippen MR) is 330 cm³/mol. The lowest BCUT2D eigenvalue weighted by molar-refractivity contribution is -0.141. The molecule has 7 fully saturated rings. The number of nitrogens with one attached hydrogen (secondary N) is 1. The molecule has 19 heteroatoms. The maximum Gasteiger partial charge on any atom is 0.243 e. The minimum Gasteiger partial charge on any atom is -0.507 e. The molecule has 7 aliphatic rings. The number of carbonyl (C=O) groups is 2. The van der Waals surface area contributed by atoms with Crippen LogP contribution >= 0.6 is 11.3 Å². The fourth-order valence-corrected chi connectivity index (χ4v) is 14.8. The quantitative estimate of drug-likeness (QED) is 0.0752. The monoisotopic (exact) mass is 1160 g/mol. The minimum atomic E-state index is -0.505. The first-order valence-electron chi connectivity index (χ1n) is 31.1. The molecule has 2 aromatic carbocycles. The van der Waals surface area contributed by atoms with Crippen LogP contribution in [0.15, 0.2) is 89.0 Å². The number of benzene rings is 2. The lowest BCUT2D eigenvalue weighted by Crippen LogP contribution is -2.54. The Kier molecular flexibility index (Phi) is 18.1. The summed E-state index contributed by atoms with van der Waals surface area (Å²) in [5.41, 5.74) is 15.0. The number of aliphatic hydroxyl groups excluding tert-OH is 1. The summed E-state index contributed by atoms with van der Waals surface area (Å²) in [4.78, 5) is 49.3. The summed E-state index contributed by atoms with van der Waals surface area (Å²) in [5.74, 6) is 2.70. The van der Waals surface area contributed by atoms with E-state index in [0.717, 1.165) is 136 Å². The molecule has 2 amide bonds. The van der Waals surface area contributed by atoms with E-state index in [1.807, 2.05) is 77.5 Å². The Hall–Kier alpha value is -6.83. The normalized spacial score (nSPS) is 22.4. The van der Waals surface area contributed by atoms with Crippen molar-refractivity contribution in [1.82, 2.24) is 40.4 Å². The van der Waals surface area contributed by atoms with Crippen molar-refractivity contribution in [2.75, 3.05) is 66.2 Å². The zero-order chi connectivity index (χ0) is 58.6. The summed E-state index contributed by atoms with van der Waals surface area (Å²) in [6, 6.07) is 23.6. The maximum absolute atomic E-state index is 14.2. The summed E-state index contributed by atoms with van der Waals surface area (Å²) in [7, 11) is 0. The molecule has 5 unspecified atom stereocenters. The van der Waals surface area contributed by atoms with E-state index in [1.165, 1.54) is 24.9 Å². The minimum absolute atomic E-state index is 0.0132. The fourth-order valence-electron chi connectivity index (χ4n) is 14.0. The van der Waals surface area contributed by atoms with Gasteiger partial charge in [-0.1, -0.05) is 69.2 Å². The average molecular weight is 1160 g/mol. The zero-order valence-electron chi connectivity index (χ0n) is 49.9. The molecule has 2 aliphatic carbocycles. The first kappa shape index (κ1) is 58.9. The number of para-hydroxylation sites is 1. The van der Waals surface area contributed by atoms with Crippen molar-refractivity contribution in [1.29, 1.82) is 0 Å². The lowest BCUT2D eigenvalue weighted by atomic mass is 9.85. The molecule has 2 saturated carbocycles. The summed E-state index contributed by atoms with van der Waals surface area (Å²) >= 11 is 1.63. The van der Waals surface area contributed by atoms with Crippen LogP contribution in [0.25, 0.3) is 21.7 Å². The number of thiazole rings is 1. The molecule has 0 radical (unpaired) electrons. The number of carbonyl (C=O) groups excluding carboxylic acids is 2. The van der Waals surface area contributed by atoms with Gasteiger partial charge in [-0.05, 0) is 145 Å². The third kappa shape index (κ3) is 12.5. The van der Waals surface area contributed by atoms with Gasteiger partial charge in [-0.3, -0.25) is 14.5 Å². The summed E-state index contributed by atoms with van der Waals surface area (Å²) in [6.45, 7) is 18.2. The van der Waals surface area contributed by atoms with Crippen molar-refractivity contribution in [3.05, 3.63) is 102 Å². The van der Waals surface area contributed by atoms with Gasteiger partial charge in [-0.2, -0.15) is 0 Å².